The van der Waals surface area contributed by atoms with E-state index in [2.05, 4.69) is 41.2 Å². The Balaban J connectivity index is 2.26. The van der Waals surface area contributed by atoms with Crippen molar-refractivity contribution < 1.29 is 0 Å². The van der Waals surface area contributed by atoms with Gasteiger partial charge in [-0.25, -0.2) is 0 Å². The average molecular weight is 296 g/mol. The molecule has 0 saturated carbocycles. The molecule has 1 heterocycles. The van der Waals surface area contributed by atoms with Gasteiger partial charge in [0.2, 0.25) is 0 Å². The van der Waals surface area contributed by atoms with E-state index in [1.807, 2.05) is 0 Å². The summed E-state index contributed by atoms with van der Waals surface area (Å²) in [6, 6.07) is 2.18. The predicted molar refractivity (Wildman–Crippen MR) is 69.4 cm³/mol. The van der Waals surface area contributed by atoms with Crippen LogP contribution in [0, 0.1) is 5.92 Å². The van der Waals surface area contributed by atoms with E-state index in [0.29, 0.717) is 11.3 Å². The lowest BCUT2D eigenvalue weighted by atomic mass is 10.0. The van der Waals surface area contributed by atoms with Crippen molar-refractivity contribution >= 4 is 38.9 Å². The van der Waals surface area contributed by atoms with E-state index < -0.39 is 0 Å². The Morgan fingerprint density at radius 1 is 1.50 bits per heavy atom. The number of rotatable bonds is 5. The van der Waals surface area contributed by atoms with Crippen LogP contribution in [0.1, 0.15) is 31.6 Å². The number of hydrogen-bond acceptors (Lipinski definition) is 1. The first-order valence-electron chi connectivity index (χ1n) is 4.95. The summed E-state index contributed by atoms with van der Waals surface area (Å²) in [5, 5.41) is 2.46. The molecular weight excluding hydrogens is 280 g/mol. The van der Waals surface area contributed by atoms with Crippen LogP contribution in [0.4, 0.5) is 0 Å². The van der Waals surface area contributed by atoms with Gasteiger partial charge in [-0.1, -0.05) is 13.8 Å². The number of thiophene rings is 1. The molecule has 0 aliphatic heterocycles. The molecule has 0 nitrogen and oxygen atoms in total. The normalized spacial score (nSPS) is 13.5. The van der Waals surface area contributed by atoms with Crippen molar-refractivity contribution in [1.29, 1.82) is 0 Å². The largest absolute Gasteiger partial charge is 0.148 e. The van der Waals surface area contributed by atoms with E-state index in [4.69, 9.17) is 11.6 Å². The Morgan fingerprint density at radius 3 is 2.71 bits per heavy atom. The standard InChI is InChI=1S/C11H16BrClS/c1-8(2)5-10(13)3-4-11-6-9(12)7-14-11/h6-8,10H,3-5H2,1-2H3. The molecule has 14 heavy (non-hydrogen) atoms. The number of aryl methyl sites for hydroxylation is 1. The van der Waals surface area contributed by atoms with Crippen LogP contribution in [0.5, 0.6) is 0 Å². The van der Waals surface area contributed by atoms with E-state index in [-0.39, 0.29) is 0 Å². The van der Waals surface area contributed by atoms with Crippen molar-refractivity contribution in [2.45, 2.75) is 38.5 Å². The minimum absolute atomic E-state index is 0.330. The topological polar surface area (TPSA) is 0 Å². The maximum atomic E-state index is 6.23. The number of alkyl halides is 1. The zero-order chi connectivity index (χ0) is 10.6. The van der Waals surface area contributed by atoms with Crippen LogP contribution in [-0.2, 0) is 6.42 Å². The Kier molecular flexibility index (Phi) is 5.50. The molecule has 0 N–H and O–H groups in total. The summed E-state index contributed by atoms with van der Waals surface area (Å²) in [6.45, 7) is 4.44. The fourth-order valence-corrected chi connectivity index (χ4v) is 3.35. The summed E-state index contributed by atoms with van der Waals surface area (Å²) >= 11 is 11.5. The van der Waals surface area contributed by atoms with E-state index in [0.717, 1.165) is 19.3 Å². The number of halogens is 2. The quantitative estimate of drug-likeness (QED) is 0.663. The van der Waals surface area contributed by atoms with Gasteiger partial charge < -0.3 is 0 Å². The molecule has 0 saturated heterocycles. The molecule has 0 aliphatic carbocycles. The fourth-order valence-electron chi connectivity index (χ4n) is 1.41. The Hall–Kier alpha value is 0.470. The monoisotopic (exact) mass is 294 g/mol. The minimum Gasteiger partial charge on any atom is -0.148 e. The van der Waals surface area contributed by atoms with Gasteiger partial charge in [-0.2, -0.15) is 0 Å². The molecule has 80 valence electrons. The highest BCUT2D eigenvalue weighted by atomic mass is 79.9. The molecule has 1 aromatic rings. The van der Waals surface area contributed by atoms with Gasteiger partial charge in [-0.15, -0.1) is 22.9 Å². The van der Waals surface area contributed by atoms with Crippen LogP contribution in [0.3, 0.4) is 0 Å². The summed E-state index contributed by atoms with van der Waals surface area (Å²) in [6.07, 6.45) is 3.32. The van der Waals surface area contributed by atoms with Gasteiger partial charge in [0.1, 0.15) is 0 Å². The van der Waals surface area contributed by atoms with Crippen LogP contribution in [0.2, 0.25) is 0 Å². The highest BCUT2D eigenvalue weighted by Gasteiger charge is 2.08. The lowest BCUT2D eigenvalue weighted by molar-refractivity contribution is 0.545. The molecule has 0 amide bonds. The molecule has 0 spiro atoms. The molecule has 0 aliphatic rings. The van der Waals surface area contributed by atoms with Crippen molar-refractivity contribution in [1.82, 2.24) is 0 Å². The predicted octanol–water partition coefficient (Wildman–Crippen LogP) is 5.10. The van der Waals surface area contributed by atoms with Crippen LogP contribution < -0.4 is 0 Å². The van der Waals surface area contributed by atoms with Crippen molar-refractivity contribution in [3.05, 3.63) is 20.8 Å². The summed E-state index contributed by atoms with van der Waals surface area (Å²) in [4.78, 5) is 1.42. The third-order valence-corrected chi connectivity index (χ3v) is 4.21. The molecule has 1 atom stereocenters. The third-order valence-electron chi connectivity index (χ3n) is 2.05. The zero-order valence-electron chi connectivity index (χ0n) is 8.59. The van der Waals surface area contributed by atoms with Gasteiger partial charge in [-0.3, -0.25) is 0 Å². The van der Waals surface area contributed by atoms with Crippen LogP contribution in [0.25, 0.3) is 0 Å². The summed E-state index contributed by atoms with van der Waals surface area (Å²) < 4.78 is 1.19. The molecule has 0 radical (unpaired) electrons. The van der Waals surface area contributed by atoms with Crippen molar-refractivity contribution in [2.24, 2.45) is 5.92 Å². The van der Waals surface area contributed by atoms with Crippen molar-refractivity contribution in [3.63, 3.8) is 0 Å². The molecule has 0 bridgehead atoms. The van der Waals surface area contributed by atoms with E-state index in [1.165, 1.54) is 9.35 Å². The first-order valence-corrected chi connectivity index (χ1v) is 7.06. The second-order valence-corrected chi connectivity index (χ2v) is 6.53. The number of hydrogen-bond donors (Lipinski definition) is 0. The zero-order valence-corrected chi connectivity index (χ0v) is 11.8. The van der Waals surface area contributed by atoms with Crippen LogP contribution >= 0.6 is 38.9 Å². The minimum atomic E-state index is 0.330. The second kappa shape index (κ2) is 6.14. The maximum Gasteiger partial charge on any atom is 0.0342 e. The van der Waals surface area contributed by atoms with E-state index in [9.17, 15) is 0 Å². The van der Waals surface area contributed by atoms with Gasteiger partial charge in [0, 0.05) is 20.1 Å². The van der Waals surface area contributed by atoms with E-state index in [1.54, 1.807) is 11.3 Å². The second-order valence-electron chi connectivity index (χ2n) is 4.00. The first-order chi connectivity index (χ1) is 6.58. The highest BCUT2D eigenvalue weighted by Crippen LogP contribution is 2.23. The maximum absolute atomic E-state index is 6.23. The SMILES string of the molecule is CC(C)CC(Cl)CCc1cc(Br)cs1. The smallest absolute Gasteiger partial charge is 0.0342 e. The van der Waals surface area contributed by atoms with Crippen LogP contribution in [0.15, 0.2) is 15.9 Å². The Morgan fingerprint density at radius 2 is 2.21 bits per heavy atom. The lowest BCUT2D eigenvalue weighted by Crippen LogP contribution is -2.04. The van der Waals surface area contributed by atoms with Crippen LogP contribution in [-0.4, -0.2) is 5.38 Å². The summed E-state index contributed by atoms with van der Waals surface area (Å²) in [5.74, 6) is 0.701. The molecule has 1 aromatic heterocycles. The highest BCUT2D eigenvalue weighted by molar-refractivity contribution is 9.10. The molecule has 0 aromatic carbocycles. The molecule has 3 heteroatoms. The van der Waals surface area contributed by atoms with Gasteiger partial charge in [-0.05, 0) is 47.2 Å². The van der Waals surface area contributed by atoms with Gasteiger partial charge in [0.05, 0.1) is 0 Å². The summed E-state index contributed by atoms with van der Waals surface area (Å²) in [7, 11) is 0. The van der Waals surface area contributed by atoms with E-state index >= 15 is 0 Å². The van der Waals surface area contributed by atoms with Gasteiger partial charge >= 0.3 is 0 Å². The van der Waals surface area contributed by atoms with Gasteiger partial charge in [0.15, 0.2) is 0 Å². The molecular formula is C11H16BrClS. The lowest BCUT2D eigenvalue weighted by Gasteiger charge is -2.10. The summed E-state index contributed by atoms with van der Waals surface area (Å²) in [5.41, 5.74) is 0. The molecule has 1 unspecified atom stereocenters. The van der Waals surface area contributed by atoms with Crippen molar-refractivity contribution in [3.8, 4) is 0 Å². The van der Waals surface area contributed by atoms with Gasteiger partial charge in [0.25, 0.3) is 0 Å². The average Bonchev–Trinajstić information content (AvgIpc) is 2.47. The fraction of sp³-hybridized carbons (Fsp3) is 0.636. The Bertz CT molecular complexity index is 270. The third kappa shape index (κ3) is 4.81. The first kappa shape index (κ1) is 12.5. The molecule has 1 rings (SSSR count). The van der Waals surface area contributed by atoms with Crippen molar-refractivity contribution in [2.75, 3.05) is 0 Å². The molecule has 0 fully saturated rings. The Labute approximate surface area is 104 Å².